The monoisotopic (exact) mass is 410 g/mol. The molecule has 2 aromatic rings. The molecule has 1 aliphatic heterocycles. The Morgan fingerprint density at radius 2 is 2.08 bits per heavy atom. The van der Waals surface area contributed by atoms with E-state index < -0.39 is 11.7 Å². The van der Waals surface area contributed by atoms with Crippen molar-refractivity contribution < 1.29 is 14.0 Å². The van der Waals surface area contributed by atoms with E-state index in [1.165, 1.54) is 17.0 Å². The van der Waals surface area contributed by atoms with Crippen LogP contribution in [0.25, 0.3) is 0 Å². The van der Waals surface area contributed by atoms with Gasteiger partial charge in [-0.2, -0.15) is 0 Å². The largest absolute Gasteiger partial charge is 0.323 e. The zero-order chi connectivity index (χ0) is 17.3. The number of benzene rings is 2. The Morgan fingerprint density at radius 3 is 2.79 bits per heavy atom. The SMILES string of the molecule is O=C(Nc1ccc(Br)cc1F)C1CC(=O)N(c2cccc(Cl)c2)C1. The molecule has 1 unspecified atom stereocenters. The lowest BCUT2D eigenvalue weighted by Crippen LogP contribution is -2.28. The Hall–Kier alpha value is -1.92. The number of hydrogen-bond acceptors (Lipinski definition) is 2. The van der Waals surface area contributed by atoms with Gasteiger partial charge in [-0.15, -0.1) is 0 Å². The zero-order valence-corrected chi connectivity index (χ0v) is 14.8. The van der Waals surface area contributed by atoms with Crippen molar-refractivity contribution in [3.63, 3.8) is 0 Å². The molecule has 0 radical (unpaired) electrons. The van der Waals surface area contributed by atoms with E-state index in [0.717, 1.165) is 0 Å². The van der Waals surface area contributed by atoms with Gasteiger partial charge in [-0.3, -0.25) is 9.59 Å². The number of carbonyl (C=O) groups excluding carboxylic acids is 2. The smallest absolute Gasteiger partial charge is 0.229 e. The standard InChI is InChI=1S/C17H13BrClFN2O2/c18-11-4-5-15(14(20)7-11)21-17(24)10-6-16(23)22(9-10)13-3-1-2-12(19)8-13/h1-5,7-8,10H,6,9H2,(H,21,24). The van der Waals surface area contributed by atoms with Gasteiger partial charge in [0, 0.05) is 28.1 Å². The molecule has 0 aliphatic carbocycles. The predicted octanol–water partition coefficient (Wildman–Crippen LogP) is 4.23. The molecule has 1 atom stereocenters. The van der Waals surface area contributed by atoms with E-state index in [1.807, 2.05) is 0 Å². The van der Waals surface area contributed by atoms with E-state index in [4.69, 9.17) is 11.6 Å². The summed E-state index contributed by atoms with van der Waals surface area (Å²) >= 11 is 9.11. The third-order valence-electron chi connectivity index (χ3n) is 3.80. The lowest BCUT2D eigenvalue weighted by molar-refractivity contribution is -0.122. The minimum absolute atomic E-state index is 0.0799. The van der Waals surface area contributed by atoms with Crippen LogP contribution in [-0.2, 0) is 9.59 Å². The van der Waals surface area contributed by atoms with Crippen LogP contribution < -0.4 is 10.2 Å². The van der Waals surface area contributed by atoms with Gasteiger partial charge in [0.2, 0.25) is 11.8 Å². The highest BCUT2D eigenvalue weighted by atomic mass is 79.9. The first-order valence-corrected chi connectivity index (χ1v) is 8.43. The summed E-state index contributed by atoms with van der Waals surface area (Å²) < 4.78 is 14.4. The van der Waals surface area contributed by atoms with Crippen molar-refractivity contribution in [1.82, 2.24) is 0 Å². The van der Waals surface area contributed by atoms with Gasteiger partial charge < -0.3 is 10.2 Å². The highest BCUT2D eigenvalue weighted by Gasteiger charge is 2.35. The van der Waals surface area contributed by atoms with Crippen LogP contribution in [0.2, 0.25) is 5.02 Å². The second-order valence-electron chi connectivity index (χ2n) is 5.50. The molecular formula is C17H13BrClFN2O2. The number of nitrogens with zero attached hydrogens (tertiary/aromatic N) is 1. The van der Waals surface area contributed by atoms with E-state index in [2.05, 4.69) is 21.2 Å². The molecule has 0 saturated carbocycles. The zero-order valence-electron chi connectivity index (χ0n) is 12.4. The lowest BCUT2D eigenvalue weighted by Gasteiger charge is -2.17. The van der Waals surface area contributed by atoms with Crippen molar-refractivity contribution in [3.8, 4) is 0 Å². The molecule has 1 fully saturated rings. The molecular weight excluding hydrogens is 399 g/mol. The van der Waals surface area contributed by atoms with Gasteiger partial charge in [-0.1, -0.05) is 33.6 Å². The van der Waals surface area contributed by atoms with Crippen LogP contribution in [0, 0.1) is 11.7 Å². The Bertz CT molecular complexity index is 815. The van der Waals surface area contributed by atoms with Crippen molar-refractivity contribution in [1.29, 1.82) is 0 Å². The molecule has 2 aromatic carbocycles. The van der Waals surface area contributed by atoms with Gasteiger partial charge in [0.15, 0.2) is 0 Å². The molecule has 0 bridgehead atoms. The Labute approximate surface area is 151 Å². The minimum Gasteiger partial charge on any atom is -0.323 e. The van der Waals surface area contributed by atoms with Crippen LogP contribution in [0.3, 0.4) is 0 Å². The van der Waals surface area contributed by atoms with Crippen molar-refractivity contribution in [2.45, 2.75) is 6.42 Å². The van der Waals surface area contributed by atoms with E-state index >= 15 is 0 Å². The maximum absolute atomic E-state index is 13.8. The fraction of sp³-hybridized carbons (Fsp3) is 0.176. The fourth-order valence-corrected chi connectivity index (χ4v) is 3.12. The van der Waals surface area contributed by atoms with E-state index in [1.54, 1.807) is 30.3 Å². The van der Waals surface area contributed by atoms with Crippen LogP contribution in [0.1, 0.15) is 6.42 Å². The van der Waals surface area contributed by atoms with Gasteiger partial charge in [-0.05, 0) is 36.4 Å². The summed E-state index contributed by atoms with van der Waals surface area (Å²) in [6.45, 7) is 0.239. The third-order valence-corrected chi connectivity index (χ3v) is 4.53. The second-order valence-corrected chi connectivity index (χ2v) is 6.85. The predicted molar refractivity (Wildman–Crippen MR) is 94.6 cm³/mol. The highest BCUT2D eigenvalue weighted by Crippen LogP contribution is 2.28. The van der Waals surface area contributed by atoms with Crippen LogP contribution in [0.5, 0.6) is 0 Å². The molecule has 3 rings (SSSR count). The molecule has 1 N–H and O–H groups in total. The van der Waals surface area contributed by atoms with Crippen LogP contribution in [0.15, 0.2) is 46.9 Å². The van der Waals surface area contributed by atoms with Gasteiger partial charge >= 0.3 is 0 Å². The second kappa shape index (κ2) is 6.91. The number of hydrogen-bond donors (Lipinski definition) is 1. The van der Waals surface area contributed by atoms with Crippen LogP contribution in [-0.4, -0.2) is 18.4 Å². The minimum atomic E-state index is -0.542. The summed E-state index contributed by atoms with van der Waals surface area (Å²) in [5, 5.41) is 3.06. The van der Waals surface area contributed by atoms with Gasteiger partial charge in [0.25, 0.3) is 0 Å². The van der Waals surface area contributed by atoms with Gasteiger partial charge in [0.1, 0.15) is 5.82 Å². The number of nitrogens with one attached hydrogen (secondary N) is 1. The number of rotatable bonds is 3. The van der Waals surface area contributed by atoms with E-state index in [-0.39, 0.29) is 30.5 Å². The maximum Gasteiger partial charge on any atom is 0.229 e. The number of carbonyl (C=O) groups is 2. The van der Waals surface area contributed by atoms with Crippen molar-refractivity contribution in [2.24, 2.45) is 5.92 Å². The molecule has 1 heterocycles. The average molecular weight is 412 g/mol. The number of anilines is 2. The normalized spacial score (nSPS) is 17.2. The topological polar surface area (TPSA) is 49.4 Å². The molecule has 1 saturated heterocycles. The first kappa shape index (κ1) is 16.9. The highest BCUT2D eigenvalue weighted by molar-refractivity contribution is 9.10. The molecule has 4 nitrogen and oxygen atoms in total. The quantitative estimate of drug-likeness (QED) is 0.821. The molecule has 0 spiro atoms. The van der Waals surface area contributed by atoms with Gasteiger partial charge in [0.05, 0.1) is 11.6 Å². The molecule has 0 aromatic heterocycles. The maximum atomic E-state index is 13.8. The third kappa shape index (κ3) is 3.60. The molecule has 2 amide bonds. The van der Waals surface area contributed by atoms with Crippen LogP contribution >= 0.6 is 27.5 Å². The molecule has 1 aliphatic rings. The lowest BCUT2D eigenvalue weighted by atomic mass is 10.1. The first-order chi connectivity index (χ1) is 11.4. The first-order valence-electron chi connectivity index (χ1n) is 7.26. The van der Waals surface area contributed by atoms with Crippen molar-refractivity contribution in [3.05, 3.63) is 57.8 Å². The summed E-state index contributed by atoms with van der Waals surface area (Å²) in [7, 11) is 0. The Morgan fingerprint density at radius 1 is 1.29 bits per heavy atom. The van der Waals surface area contributed by atoms with Crippen LogP contribution in [0.4, 0.5) is 15.8 Å². The van der Waals surface area contributed by atoms with Gasteiger partial charge in [-0.25, -0.2) is 4.39 Å². The molecule has 24 heavy (non-hydrogen) atoms. The van der Waals surface area contributed by atoms with Crippen molar-refractivity contribution in [2.75, 3.05) is 16.8 Å². The number of halogens is 3. The molecule has 124 valence electrons. The summed E-state index contributed by atoms with van der Waals surface area (Å²) in [4.78, 5) is 26.1. The summed E-state index contributed by atoms with van der Waals surface area (Å²) in [6.07, 6.45) is 0.0799. The van der Waals surface area contributed by atoms with E-state index in [9.17, 15) is 14.0 Å². The van der Waals surface area contributed by atoms with E-state index in [0.29, 0.717) is 15.2 Å². The fourth-order valence-electron chi connectivity index (χ4n) is 2.60. The summed E-state index contributed by atoms with van der Waals surface area (Å²) in [5.41, 5.74) is 0.745. The number of amides is 2. The Balaban J connectivity index is 1.72. The summed E-state index contributed by atoms with van der Waals surface area (Å²) in [5.74, 6) is -1.61. The summed E-state index contributed by atoms with van der Waals surface area (Å²) in [6, 6.07) is 11.3. The Kier molecular flexibility index (Phi) is 4.87. The average Bonchev–Trinajstić information content (AvgIpc) is 2.92. The van der Waals surface area contributed by atoms with Crippen molar-refractivity contribution >= 4 is 50.7 Å². The molecule has 7 heteroatoms.